The van der Waals surface area contributed by atoms with Crippen LogP contribution in [0.25, 0.3) is 0 Å². The molecule has 2 atom stereocenters. The van der Waals surface area contributed by atoms with Crippen LogP contribution in [-0.4, -0.2) is 53.3 Å². The van der Waals surface area contributed by atoms with Gasteiger partial charge in [0.25, 0.3) is 0 Å². The van der Waals surface area contributed by atoms with Crippen molar-refractivity contribution in [3.05, 3.63) is 34.9 Å². The second kappa shape index (κ2) is 22.1. The fourth-order valence-electron chi connectivity index (χ4n) is 5.14. The van der Waals surface area contributed by atoms with Gasteiger partial charge in [-0.05, 0) is 31.4 Å². The molecule has 0 spiro atoms. The Hall–Kier alpha value is -3.65. The number of alkyl halides is 6. The first kappa shape index (κ1) is 43.4. The fourth-order valence-corrected chi connectivity index (χ4v) is 5.14. The lowest BCUT2D eigenvalue weighted by Gasteiger charge is -2.23. The first-order valence-corrected chi connectivity index (χ1v) is 16.8. The lowest BCUT2D eigenvalue weighted by atomic mass is 10.00. The van der Waals surface area contributed by atoms with Gasteiger partial charge in [0, 0.05) is 12.8 Å². The van der Waals surface area contributed by atoms with Crippen LogP contribution in [0.5, 0.6) is 0 Å². The van der Waals surface area contributed by atoms with E-state index in [1.807, 2.05) is 6.92 Å². The van der Waals surface area contributed by atoms with Gasteiger partial charge in [0.05, 0.1) is 22.7 Å². The van der Waals surface area contributed by atoms with Crippen LogP contribution in [-0.2, 0) is 36.3 Å². The molecule has 0 unspecified atom stereocenters. The van der Waals surface area contributed by atoms with E-state index in [-0.39, 0.29) is 25.0 Å². The zero-order valence-electron chi connectivity index (χ0n) is 28.1. The molecule has 0 radical (unpaired) electrons. The summed E-state index contributed by atoms with van der Waals surface area (Å²) >= 11 is 0. The number of benzene rings is 1. The maximum atomic E-state index is 13.5. The lowest BCUT2D eigenvalue weighted by Crippen LogP contribution is -2.52. The molecule has 1 rings (SSSR count). The molecule has 0 aliphatic rings. The van der Waals surface area contributed by atoms with E-state index in [1.54, 1.807) is 0 Å². The second-order valence-electron chi connectivity index (χ2n) is 12.0. The summed E-state index contributed by atoms with van der Waals surface area (Å²) in [7, 11) is 0. The summed E-state index contributed by atoms with van der Waals surface area (Å²) in [6.07, 6.45) is -0.218. The van der Waals surface area contributed by atoms with Crippen molar-refractivity contribution in [3.8, 4) is 0 Å². The molecule has 0 fully saturated rings. The highest BCUT2D eigenvalue weighted by molar-refractivity contribution is 5.97. The third-order valence-corrected chi connectivity index (χ3v) is 7.83. The molecule has 1 aromatic rings. The molecule has 0 saturated heterocycles. The van der Waals surface area contributed by atoms with Gasteiger partial charge in [0.2, 0.25) is 11.8 Å². The summed E-state index contributed by atoms with van der Waals surface area (Å²) in [5, 5.41) is 14.1. The van der Waals surface area contributed by atoms with E-state index in [0.29, 0.717) is 25.3 Å². The molecule has 15 heteroatoms. The summed E-state index contributed by atoms with van der Waals surface area (Å²) in [6.45, 7) is 2.71. The van der Waals surface area contributed by atoms with Crippen molar-refractivity contribution in [1.82, 2.24) is 10.6 Å². The Bertz CT molecular complexity index is 1190. The summed E-state index contributed by atoms with van der Waals surface area (Å²) in [4.78, 5) is 62.7. The first-order chi connectivity index (χ1) is 23.0. The SMILES string of the molecule is CCCCCCCCCCCC(=O)N[C@@H](CCCCC)C(=O)N[C@@H](CCC(=O)O)C(=O)COC(=O)c1c(C(F)(F)F)cccc1C(F)(F)F. The Morgan fingerprint density at radius 3 is 1.71 bits per heavy atom. The number of carboxylic acid groups (broad SMARTS) is 1. The smallest absolute Gasteiger partial charge is 0.417 e. The minimum absolute atomic E-state index is 0.157. The molecule has 0 bridgehead atoms. The van der Waals surface area contributed by atoms with Crippen molar-refractivity contribution in [2.75, 3.05) is 6.61 Å². The van der Waals surface area contributed by atoms with Crippen LogP contribution in [0.4, 0.5) is 26.3 Å². The van der Waals surface area contributed by atoms with Gasteiger partial charge in [-0.25, -0.2) is 4.79 Å². The number of amides is 2. The summed E-state index contributed by atoms with van der Waals surface area (Å²) in [6, 6.07) is -1.76. The van der Waals surface area contributed by atoms with Crippen molar-refractivity contribution >= 4 is 29.5 Å². The number of rotatable bonds is 24. The van der Waals surface area contributed by atoms with Crippen molar-refractivity contribution in [1.29, 1.82) is 0 Å². The largest absolute Gasteiger partial charge is 0.481 e. The van der Waals surface area contributed by atoms with Gasteiger partial charge >= 0.3 is 24.3 Å². The number of aliphatic carboxylic acids is 1. The number of ether oxygens (including phenoxy) is 1. The Morgan fingerprint density at radius 2 is 1.20 bits per heavy atom. The van der Waals surface area contributed by atoms with Crippen LogP contribution < -0.4 is 10.6 Å². The molecule has 3 N–H and O–H groups in total. The molecule has 0 saturated carbocycles. The minimum Gasteiger partial charge on any atom is -0.481 e. The van der Waals surface area contributed by atoms with Gasteiger partial charge in [0.1, 0.15) is 6.04 Å². The van der Waals surface area contributed by atoms with E-state index in [1.165, 1.54) is 25.7 Å². The highest BCUT2D eigenvalue weighted by Gasteiger charge is 2.43. The zero-order valence-corrected chi connectivity index (χ0v) is 28.1. The minimum atomic E-state index is -5.37. The first-order valence-electron chi connectivity index (χ1n) is 16.8. The highest BCUT2D eigenvalue weighted by atomic mass is 19.4. The van der Waals surface area contributed by atoms with Crippen LogP contribution in [0.2, 0.25) is 0 Å². The van der Waals surface area contributed by atoms with Crippen molar-refractivity contribution in [3.63, 3.8) is 0 Å². The standard InChI is InChI=1S/C34H48F6N2O7/c1-3-5-7-8-9-10-11-12-14-19-28(44)41-26(18-13-6-4-2)31(47)42-25(20-21-29(45)46)27(43)22-49-32(48)30-23(33(35,36)37)16-15-17-24(30)34(38,39)40/h15-17,25-26H,3-14,18-22H2,1-2H3,(H,41,44)(H,42,47)(H,45,46)/t25-,26-/m0/s1. The molecule has 0 heterocycles. The Balaban J connectivity index is 2.98. The van der Waals surface area contributed by atoms with Gasteiger partial charge < -0.3 is 20.5 Å². The molecule has 278 valence electrons. The van der Waals surface area contributed by atoms with E-state index in [4.69, 9.17) is 5.11 Å². The molecule has 1 aromatic carbocycles. The third kappa shape index (κ3) is 17.0. The Labute approximate surface area is 282 Å². The maximum absolute atomic E-state index is 13.5. The number of unbranched alkanes of at least 4 members (excludes halogenated alkanes) is 10. The predicted octanol–water partition coefficient (Wildman–Crippen LogP) is 7.79. The van der Waals surface area contributed by atoms with E-state index in [9.17, 15) is 50.3 Å². The summed E-state index contributed by atoms with van der Waals surface area (Å²) in [5.74, 6) is -5.86. The monoisotopic (exact) mass is 710 g/mol. The molecule has 0 aliphatic heterocycles. The molecule has 0 aliphatic carbocycles. The van der Waals surface area contributed by atoms with Crippen LogP contribution in [0, 0.1) is 0 Å². The second-order valence-corrected chi connectivity index (χ2v) is 12.0. The van der Waals surface area contributed by atoms with Crippen LogP contribution in [0.3, 0.4) is 0 Å². The molecule has 49 heavy (non-hydrogen) atoms. The number of ketones is 1. The van der Waals surface area contributed by atoms with E-state index >= 15 is 0 Å². The number of hydrogen-bond donors (Lipinski definition) is 3. The van der Waals surface area contributed by atoms with E-state index in [0.717, 1.165) is 32.1 Å². The van der Waals surface area contributed by atoms with E-state index in [2.05, 4.69) is 22.3 Å². The molecule has 0 aromatic heterocycles. The molecular formula is C34H48F6N2O7. The topological polar surface area (TPSA) is 139 Å². The van der Waals surface area contributed by atoms with E-state index < -0.39 is 90.1 Å². The number of halogens is 6. The van der Waals surface area contributed by atoms with Crippen LogP contribution in [0.1, 0.15) is 138 Å². The van der Waals surface area contributed by atoms with Gasteiger partial charge in [-0.2, -0.15) is 26.3 Å². The van der Waals surface area contributed by atoms with Crippen molar-refractivity contribution in [2.45, 2.75) is 141 Å². The number of carbonyl (C=O) groups is 5. The van der Waals surface area contributed by atoms with Crippen molar-refractivity contribution in [2.24, 2.45) is 0 Å². The fraction of sp³-hybridized carbons (Fsp3) is 0.676. The Morgan fingerprint density at radius 1 is 0.694 bits per heavy atom. The lowest BCUT2D eigenvalue weighted by molar-refractivity contribution is -0.144. The third-order valence-electron chi connectivity index (χ3n) is 7.83. The number of hydrogen-bond acceptors (Lipinski definition) is 6. The summed E-state index contributed by atoms with van der Waals surface area (Å²) in [5.41, 5.74) is -5.70. The maximum Gasteiger partial charge on any atom is 0.417 e. The average molecular weight is 711 g/mol. The molecule has 9 nitrogen and oxygen atoms in total. The van der Waals surface area contributed by atoms with Gasteiger partial charge in [-0.15, -0.1) is 0 Å². The zero-order chi connectivity index (χ0) is 37.0. The number of carbonyl (C=O) groups excluding carboxylic acids is 4. The number of esters is 1. The van der Waals surface area contributed by atoms with Gasteiger partial charge in [0.15, 0.2) is 12.4 Å². The van der Waals surface area contributed by atoms with Gasteiger partial charge in [-0.3, -0.25) is 19.2 Å². The summed E-state index contributed by atoms with van der Waals surface area (Å²) < 4.78 is 85.5. The van der Waals surface area contributed by atoms with Crippen LogP contribution >= 0.6 is 0 Å². The van der Waals surface area contributed by atoms with Crippen LogP contribution in [0.15, 0.2) is 18.2 Å². The predicted molar refractivity (Wildman–Crippen MR) is 168 cm³/mol. The molecular weight excluding hydrogens is 662 g/mol. The quantitative estimate of drug-likeness (QED) is 0.0566. The molecule has 2 amide bonds. The average Bonchev–Trinajstić information content (AvgIpc) is 3.02. The Kier molecular flexibility index (Phi) is 19.6. The number of carboxylic acids is 1. The normalized spacial score (nSPS) is 13.0. The van der Waals surface area contributed by atoms with Gasteiger partial charge in [-0.1, -0.05) is 90.5 Å². The number of nitrogens with one attached hydrogen (secondary N) is 2. The van der Waals surface area contributed by atoms with Crippen molar-refractivity contribution < 1.29 is 60.2 Å². The highest BCUT2D eigenvalue weighted by Crippen LogP contribution is 2.39. The number of Topliss-reactive ketones (excluding diaryl/α,β-unsaturated/α-hetero) is 1.